The highest BCUT2D eigenvalue weighted by atomic mass is 16.5. The summed E-state index contributed by atoms with van der Waals surface area (Å²) in [5.74, 6) is 5.40. The van der Waals surface area contributed by atoms with Crippen molar-refractivity contribution in [2.75, 3.05) is 14.2 Å². The van der Waals surface area contributed by atoms with Crippen molar-refractivity contribution < 1.29 is 13.9 Å². The third-order valence-corrected chi connectivity index (χ3v) is 6.55. The fourth-order valence-electron chi connectivity index (χ4n) is 5.90. The normalized spacial score (nSPS) is 32.8. The largest absolute Gasteiger partial charge is 0.493 e. The molecule has 4 aliphatic rings. The Hall–Kier alpha value is -2.04. The minimum atomic E-state index is 0.135. The summed E-state index contributed by atoms with van der Waals surface area (Å²) in [4.78, 5) is 0. The standard InChI is InChI=1S/C20H24N2O3/c1-23-16-4-3-15(8-17(16)24-2)18-21-22-19(25-18)20-9-12-5-13(10-20)7-14(6-12)11-20/h3-4,8,12-14H,5-7,9-11H2,1-2H3. The second-order valence-corrected chi connectivity index (χ2v) is 8.18. The number of hydrogen-bond donors (Lipinski definition) is 0. The molecule has 0 aliphatic heterocycles. The lowest BCUT2D eigenvalue weighted by Crippen LogP contribution is -2.48. The van der Waals surface area contributed by atoms with Crippen LogP contribution in [0.15, 0.2) is 22.6 Å². The van der Waals surface area contributed by atoms with Gasteiger partial charge in [-0.05, 0) is 74.5 Å². The van der Waals surface area contributed by atoms with Gasteiger partial charge in [-0.15, -0.1) is 10.2 Å². The summed E-state index contributed by atoms with van der Waals surface area (Å²) in [7, 11) is 3.27. The van der Waals surface area contributed by atoms with E-state index in [0.717, 1.165) is 29.2 Å². The first-order valence-electron chi connectivity index (χ1n) is 9.25. The van der Waals surface area contributed by atoms with Crippen molar-refractivity contribution in [1.82, 2.24) is 10.2 Å². The van der Waals surface area contributed by atoms with Gasteiger partial charge >= 0.3 is 0 Å². The Morgan fingerprint density at radius 3 is 2.16 bits per heavy atom. The number of nitrogens with zero attached hydrogens (tertiary/aromatic N) is 2. The fourth-order valence-corrected chi connectivity index (χ4v) is 5.90. The van der Waals surface area contributed by atoms with Gasteiger partial charge in [0.25, 0.3) is 0 Å². The molecule has 1 aromatic heterocycles. The highest BCUT2D eigenvalue weighted by Crippen LogP contribution is 2.60. The van der Waals surface area contributed by atoms with Crippen molar-refractivity contribution in [2.45, 2.75) is 43.9 Å². The van der Waals surface area contributed by atoms with Crippen LogP contribution in [0.1, 0.15) is 44.4 Å². The van der Waals surface area contributed by atoms with Crippen LogP contribution in [-0.2, 0) is 5.41 Å². The molecule has 25 heavy (non-hydrogen) atoms. The summed E-state index contributed by atoms with van der Waals surface area (Å²) in [6.07, 6.45) is 7.92. The Labute approximate surface area is 147 Å². The molecule has 2 aromatic rings. The zero-order valence-electron chi connectivity index (χ0n) is 14.8. The molecular formula is C20H24N2O3. The summed E-state index contributed by atoms with van der Waals surface area (Å²) in [6, 6.07) is 5.72. The number of hydrogen-bond acceptors (Lipinski definition) is 5. The van der Waals surface area contributed by atoms with Gasteiger partial charge in [-0.25, -0.2) is 0 Å². The molecule has 0 saturated heterocycles. The quantitative estimate of drug-likeness (QED) is 0.834. The Balaban J connectivity index is 1.48. The van der Waals surface area contributed by atoms with Crippen molar-refractivity contribution in [3.63, 3.8) is 0 Å². The maximum atomic E-state index is 6.21. The van der Waals surface area contributed by atoms with Crippen LogP contribution < -0.4 is 9.47 Å². The van der Waals surface area contributed by atoms with Crippen LogP contribution in [0.5, 0.6) is 11.5 Å². The average molecular weight is 340 g/mol. The Morgan fingerprint density at radius 1 is 0.920 bits per heavy atom. The molecule has 0 unspecified atom stereocenters. The summed E-state index contributed by atoms with van der Waals surface area (Å²) < 4.78 is 16.9. The molecule has 1 heterocycles. The molecule has 5 nitrogen and oxygen atoms in total. The molecule has 0 radical (unpaired) electrons. The average Bonchev–Trinajstić information content (AvgIpc) is 3.11. The SMILES string of the molecule is COc1ccc(-c2nnc(C34CC5CC(CC(C5)C3)C4)o2)cc1OC. The summed E-state index contributed by atoms with van der Waals surface area (Å²) in [6.45, 7) is 0. The summed E-state index contributed by atoms with van der Waals surface area (Å²) in [5, 5.41) is 8.85. The zero-order valence-corrected chi connectivity index (χ0v) is 14.8. The lowest BCUT2D eigenvalue weighted by atomic mass is 9.49. The third kappa shape index (κ3) is 2.35. The van der Waals surface area contributed by atoms with Gasteiger partial charge in [0.15, 0.2) is 11.5 Å². The Morgan fingerprint density at radius 2 is 1.56 bits per heavy atom. The molecule has 5 heteroatoms. The van der Waals surface area contributed by atoms with Crippen LogP contribution in [0, 0.1) is 17.8 Å². The highest BCUT2D eigenvalue weighted by molar-refractivity contribution is 5.59. The molecule has 6 rings (SSSR count). The van der Waals surface area contributed by atoms with Crippen molar-refractivity contribution in [1.29, 1.82) is 0 Å². The van der Waals surface area contributed by atoms with E-state index in [0.29, 0.717) is 17.4 Å². The van der Waals surface area contributed by atoms with Gasteiger partial charge in [0, 0.05) is 11.0 Å². The Bertz CT molecular complexity index is 763. The molecule has 4 fully saturated rings. The van der Waals surface area contributed by atoms with E-state index in [4.69, 9.17) is 13.9 Å². The van der Waals surface area contributed by atoms with E-state index in [1.807, 2.05) is 18.2 Å². The third-order valence-electron chi connectivity index (χ3n) is 6.55. The van der Waals surface area contributed by atoms with E-state index in [1.54, 1.807) is 14.2 Å². The number of ether oxygens (including phenoxy) is 2. The monoisotopic (exact) mass is 340 g/mol. The smallest absolute Gasteiger partial charge is 0.247 e. The molecule has 4 saturated carbocycles. The second kappa shape index (κ2) is 5.48. The molecule has 0 spiro atoms. The van der Waals surface area contributed by atoms with Gasteiger partial charge in [-0.3, -0.25) is 0 Å². The van der Waals surface area contributed by atoms with Crippen molar-refractivity contribution in [3.05, 3.63) is 24.1 Å². The van der Waals surface area contributed by atoms with E-state index >= 15 is 0 Å². The first kappa shape index (κ1) is 15.2. The molecule has 4 bridgehead atoms. The minimum Gasteiger partial charge on any atom is -0.493 e. The zero-order chi connectivity index (χ0) is 17.0. The van der Waals surface area contributed by atoms with E-state index in [9.17, 15) is 0 Å². The fraction of sp³-hybridized carbons (Fsp3) is 0.600. The van der Waals surface area contributed by atoms with Crippen LogP contribution in [0.25, 0.3) is 11.5 Å². The molecule has 0 N–H and O–H groups in total. The van der Waals surface area contributed by atoms with E-state index in [-0.39, 0.29) is 5.41 Å². The topological polar surface area (TPSA) is 57.4 Å². The maximum absolute atomic E-state index is 6.21. The predicted molar refractivity (Wildman–Crippen MR) is 92.7 cm³/mol. The number of rotatable bonds is 4. The van der Waals surface area contributed by atoms with Crippen LogP contribution in [-0.4, -0.2) is 24.4 Å². The van der Waals surface area contributed by atoms with Gasteiger partial charge in [0.2, 0.25) is 11.8 Å². The van der Waals surface area contributed by atoms with Crippen molar-refractivity contribution in [3.8, 4) is 23.0 Å². The number of benzene rings is 1. The summed E-state index contributed by atoms with van der Waals surface area (Å²) in [5.41, 5.74) is 1.01. The molecular weight excluding hydrogens is 316 g/mol. The van der Waals surface area contributed by atoms with Crippen molar-refractivity contribution >= 4 is 0 Å². The van der Waals surface area contributed by atoms with Crippen molar-refractivity contribution in [2.24, 2.45) is 17.8 Å². The van der Waals surface area contributed by atoms with Gasteiger partial charge in [0.05, 0.1) is 14.2 Å². The van der Waals surface area contributed by atoms with Crippen LogP contribution >= 0.6 is 0 Å². The first-order valence-corrected chi connectivity index (χ1v) is 9.25. The minimum absolute atomic E-state index is 0.135. The maximum Gasteiger partial charge on any atom is 0.247 e. The second-order valence-electron chi connectivity index (χ2n) is 8.18. The molecule has 0 atom stereocenters. The highest BCUT2D eigenvalue weighted by Gasteiger charge is 2.54. The molecule has 1 aromatic carbocycles. The number of methoxy groups -OCH3 is 2. The Kier molecular flexibility index (Phi) is 3.34. The van der Waals surface area contributed by atoms with Crippen LogP contribution in [0.4, 0.5) is 0 Å². The molecule has 132 valence electrons. The number of aromatic nitrogens is 2. The van der Waals surface area contributed by atoms with Crippen LogP contribution in [0.3, 0.4) is 0 Å². The first-order chi connectivity index (χ1) is 12.2. The lowest BCUT2D eigenvalue weighted by molar-refractivity contribution is -0.0176. The molecule has 0 amide bonds. The van der Waals surface area contributed by atoms with Gasteiger partial charge in [-0.1, -0.05) is 0 Å². The summed E-state index contributed by atoms with van der Waals surface area (Å²) >= 11 is 0. The van der Waals surface area contributed by atoms with Gasteiger partial charge < -0.3 is 13.9 Å². The predicted octanol–water partition coefficient (Wildman–Crippen LogP) is 4.22. The van der Waals surface area contributed by atoms with E-state index in [2.05, 4.69) is 10.2 Å². The van der Waals surface area contributed by atoms with Gasteiger partial charge in [-0.2, -0.15) is 0 Å². The van der Waals surface area contributed by atoms with E-state index in [1.165, 1.54) is 38.5 Å². The lowest BCUT2D eigenvalue weighted by Gasteiger charge is -2.55. The van der Waals surface area contributed by atoms with Gasteiger partial charge in [0.1, 0.15) is 0 Å². The van der Waals surface area contributed by atoms with Crippen LogP contribution in [0.2, 0.25) is 0 Å². The molecule has 4 aliphatic carbocycles. The van der Waals surface area contributed by atoms with E-state index < -0.39 is 0 Å².